The Morgan fingerprint density at radius 1 is 1.21 bits per heavy atom. The van der Waals surface area contributed by atoms with Crippen molar-refractivity contribution in [3.63, 3.8) is 0 Å². The summed E-state index contributed by atoms with van der Waals surface area (Å²) in [7, 11) is 0. The normalized spacial score (nSPS) is 14.7. The van der Waals surface area contributed by atoms with Gasteiger partial charge in [0.25, 0.3) is 0 Å². The first-order chi connectivity index (χ1) is 9.26. The molecule has 2 unspecified atom stereocenters. The van der Waals surface area contributed by atoms with E-state index in [-0.39, 0.29) is 6.10 Å². The fraction of sp³-hybridized carbons (Fsp3) is 0.500. The van der Waals surface area contributed by atoms with Gasteiger partial charge in [-0.15, -0.1) is 0 Å². The number of rotatable bonds is 7. The number of hydrogen-bond acceptors (Lipinski definition) is 2. The molecule has 3 heteroatoms. The molecule has 1 heterocycles. The zero-order valence-electron chi connectivity index (χ0n) is 11.7. The van der Waals surface area contributed by atoms with Crippen LogP contribution < -0.4 is 0 Å². The van der Waals surface area contributed by atoms with Crippen LogP contribution in [0.5, 0.6) is 0 Å². The Bertz CT molecular complexity index is 506. The lowest BCUT2D eigenvalue weighted by atomic mass is 10.1. The maximum Gasteiger partial charge on any atom is 0.0980 e. The van der Waals surface area contributed by atoms with Crippen molar-refractivity contribution in [2.75, 3.05) is 6.61 Å². The molecule has 19 heavy (non-hydrogen) atoms. The number of fused-ring (bicyclic) bond motifs is 1. The topological polar surface area (TPSA) is 34.4 Å². The van der Waals surface area contributed by atoms with Crippen LogP contribution in [0.2, 0.25) is 0 Å². The second-order valence-electron chi connectivity index (χ2n) is 4.91. The molecule has 2 aromatic rings. The molecular formula is C16H23NO2. The number of hydrogen-bond donors (Lipinski definition) is 1. The third kappa shape index (κ3) is 3.37. The molecule has 1 aromatic heterocycles. The first-order valence-corrected chi connectivity index (χ1v) is 7.09. The number of nitrogens with zero attached hydrogens (tertiary/aromatic N) is 1. The molecule has 104 valence electrons. The third-order valence-electron chi connectivity index (χ3n) is 3.43. The molecule has 1 N–H and O–H groups in total. The fourth-order valence-corrected chi connectivity index (χ4v) is 2.39. The van der Waals surface area contributed by atoms with Gasteiger partial charge < -0.3 is 14.4 Å². The number of aliphatic hydroxyl groups excluding tert-OH is 1. The Hall–Kier alpha value is -1.32. The summed E-state index contributed by atoms with van der Waals surface area (Å²) in [6.07, 6.45) is 3.30. The Morgan fingerprint density at radius 3 is 2.74 bits per heavy atom. The molecule has 3 nitrogen and oxygen atoms in total. The van der Waals surface area contributed by atoms with Gasteiger partial charge in [0.1, 0.15) is 0 Å². The minimum Gasteiger partial charge on any atom is -0.389 e. The lowest BCUT2D eigenvalue weighted by Gasteiger charge is -2.22. The molecule has 0 saturated carbocycles. The Labute approximate surface area is 114 Å². The minimum absolute atomic E-state index is 0.0823. The second kappa shape index (κ2) is 6.73. The summed E-state index contributed by atoms with van der Waals surface area (Å²) in [6, 6.07) is 10.3. The van der Waals surface area contributed by atoms with Crippen LogP contribution in [0.3, 0.4) is 0 Å². The number of ether oxygens (including phenoxy) is 1. The average molecular weight is 261 g/mol. The van der Waals surface area contributed by atoms with Crippen LogP contribution in [-0.2, 0) is 11.3 Å². The van der Waals surface area contributed by atoms with Crippen molar-refractivity contribution in [3.05, 3.63) is 36.5 Å². The highest BCUT2D eigenvalue weighted by Gasteiger charge is 2.18. The summed E-state index contributed by atoms with van der Waals surface area (Å²) in [5.41, 5.74) is 1.16. The highest BCUT2D eigenvalue weighted by atomic mass is 16.5. The molecule has 0 saturated heterocycles. The van der Waals surface area contributed by atoms with Crippen LogP contribution in [0.15, 0.2) is 36.5 Å². The van der Waals surface area contributed by atoms with E-state index in [1.54, 1.807) is 0 Å². The van der Waals surface area contributed by atoms with Gasteiger partial charge in [-0.1, -0.05) is 32.0 Å². The Morgan fingerprint density at radius 2 is 2.00 bits per heavy atom. The maximum absolute atomic E-state index is 10.3. The smallest absolute Gasteiger partial charge is 0.0980 e. The summed E-state index contributed by atoms with van der Waals surface area (Å²) in [5.74, 6) is 0. The van der Waals surface area contributed by atoms with Crippen LogP contribution in [0.25, 0.3) is 10.9 Å². The van der Waals surface area contributed by atoms with Crippen molar-refractivity contribution in [1.82, 2.24) is 4.57 Å². The van der Waals surface area contributed by atoms with E-state index in [1.165, 1.54) is 5.39 Å². The molecule has 1 aromatic carbocycles. The van der Waals surface area contributed by atoms with E-state index in [9.17, 15) is 5.11 Å². The molecule has 0 fully saturated rings. The molecule has 0 bridgehead atoms. The molecule has 0 aliphatic rings. The summed E-state index contributed by atoms with van der Waals surface area (Å²) >= 11 is 0. The van der Waals surface area contributed by atoms with Crippen molar-refractivity contribution < 1.29 is 9.84 Å². The highest BCUT2D eigenvalue weighted by Crippen LogP contribution is 2.17. The average Bonchev–Trinajstić information content (AvgIpc) is 2.83. The predicted octanol–water partition coefficient (Wildman–Crippen LogP) is 3.21. The van der Waals surface area contributed by atoms with E-state index in [0.29, 0.717) is 13.2 Å². The van der Waals surface area contributed by atoms with E-state index in [4.69, 9.17) is 4.74 Å². The van der Waals surface area contributed by atoms with Crippen LogP contribution in [0.4, 0.5) is 0 Å². The van der Waals surface area contributed by atoms with Crippen LogP contribution >= 0.6 is 0 Å². The molecule has 2 rings (SSSR count). The third-order valence-corrected chi connectivity index (χ3v) is 3.43. The first-order valence-electron chi connectivity index (χ1n) is 7.09. The van der Waals surface area contributed by atoms with Crippen molar-refractivity contribution >= 4 is 10.9 Å². The van der Waals surface area contributed by atoms with Gasteiger partial charge in [0.05, 0.1) is 18.8 Å². The number of benzene rings is 1. The number of aromatic nitrogens is 1. The van der Waals surface area contributed by atoms with Gasteiger partial charge in [-0.25, -0.2) is 0 Å². The van der Waals surface area contributed by atoms with Crippen LogP contribution in [0, 0.1) is 0 Å². The maximum atomic E-state index is 10.3. The largest absolute Gasteiger partial charge is 0.389 e. The first kappa shape index (κ1) is 14.1. The van der Waals surface area contributed by atoms with Crippen molar-refractivity contribution in [2.45, 2.75) is 45.4 Å². The van der Waals surface area contributed by atoms with Crippen molar-refractivity contribution in [1.29, 1.82) is 0 Å². The number of para-hydroxylation sites is 1. The molecule has 0 radical (unpaired) electrons. The summed E-state index contributed by atoms with van der Waals surface area (Å²) in [4.78, 5) is 0. The van der Waals surface area contributed by atoms with E-state index in [0.717, 1.165) is 18.4 Å². The van der Waals surface area contributed by atoms with Crippen LogP contribution in [-0.4, -0.2) is 28.5 Å². The summed E-state index contributed by atoms with van der Waals surface area (Å²) in [5, 5.41) is 11.5. The van der Waals surface area contributed by atoms with Gasteiger partial charge in [0.2, 0.25) is 0 Å². The monoisotopic (exact) mass is 261 g/mol. The second-order valence-corrected chi connectivity index (χ2v) is 4.91. The highest BCUT2D eigenvalue weighted by molar-refractivity contribution is 5.79. The van der Waals surface area contributed by atoms with Crippen molar-refractivity contribution in [2.24, 2.45) is 0 Å². The molecule has 0 spiro atoms. The minimum atomic E-state index is -0.465. The van der Waals surface area contributed by atoms with Gasteiger partial charge in [-0.05, 0) is 30.4 Å². The Balaban J connectivity index is 2.07. The lowest BCUT2D eigenvalue weighted by Crippen LogP contribution is -2.32. The molecule has 2 atom stereocenters. The predicted molar refractivity (Wildman–Crippen MR) is 78.3 cm³/mol. The zero-order valence-corrected chi connectivity index (χ0v) is 11.7. The van der Waals surface area contributed by atoms with Crippen LogP contribution in [0.1, 0.15) is 26.7 Å². The molecule has 0 aliphatic carbocycles. The van der Waals surface area contributed by atoms with Gasteiger partial charge in [0.15, 0.2) is 0 Å². The van der Waals surface area contributed by atoms with Gasteiger partial charge in [-0.2, -0.15) is 0 Å². The fourth-order valence-electron chi connectivity index (χ4n) is 2.39. The SMILES string of the molecule is CCCOC(CC)C(O)Cn1ccc2ccccc21. The molecule has 0 aliphatic heterocycles. The molecular weight excluding hydrogens is 238 g/mol. The standard InChI is InChI=1S/C16H23NO2/c1-3-11-19-16(4-2)15(18)12-17-10-9-13-7-5-6-8-14(13)17/h5-10,15-16,18H,3-4,11-12H2,1-2H3. The summed E-state index contributed by atoms with van der Waals surface area (Å²) in [6.45, 7) is 5.42. The van der Waals surface area contributed by atoms with E-state index in [1.807, 2.05) is 18.3 Å². The quantitative estimate of drug-likeness (QED) is 0.830. The lowest BCUT2D eigenvalue weighted by molar-refractivity contribution is -0.0445. The Kier molecular flexibility index (Phi) is 5.00. The molecule has 0 amide bonds. The van der Waals surface area contributed by atoms with E-state index < -0.39 is 6.10 Å². The van der Waals surface area contributed by atoms with E-state index >= 15 is 0 Å². The zero-order chi connectivity index (χ0) is 13.7. The van der Waals surface area contributed by atoms with E-state index in [2.05, 4.69) is 36.6 Å². The number of aliphatic hydroxyl groups is 1. The van der Waals surface area contributed by atoms with Gasteiger partial charge >= 0.3 is 0 Å². The van der Waals surface area contributed by atoms with Crippen molar-refractivity contribution in [3.8, 4) is 0 Å². The van der Waals surface area contributed by atoms with Gasteiger partial charge in [0, 0.05) is 18.3 Å². The summed E-state index contributed by atoms with van der Waals surface area (Å²) < 4.78 is 7.79. The van der Waals surface area contributed by atoms with Gasteiger partial charge in [-0.3, -0.25) is 0 Å².